The Balaban J connectivity index is 1.26. The van der Waals surface area contributed by atoms with Gasteiger partial charge >= 0.3 is 6.16 Å². The number of nitro groups is 1. The molecule has 2 aromatic rings. The highest BCUT2D eigenvalue weighted by atomic mass is 16.7. The van der Waals surface area contributed by atoms with Crippen molar-refractivity contribution in [1.82, 2.24) is 14.7 Å². The van der Waals surface area contributed by atoms with Gasteiger partial charge in [-0.1, -0.05) is 0 Å². The molecule has 4 amide bonds. The number of amides is 4. The Morgan fingerprint density at radius 1 is 0.925 bits per heavy atom. The Morgan fingerprint density at radius 3 is 2.30 bits per heavy atom. The first kappa shape index (κ1) is 28.2. The smallest absolute Gasteiger partial charge is 0.434 e. The van der Waals surface area contributed by atoms with Gasteiger partial charge in [0.15, 0.2) is 0 Å². The van der Waals surface area contributed by atoms with E-state index in [-0.39, 0.29) is 60.4 Å². The van der Waals surface area contributed by atoms with Gasteiger partial charge in [-0.05, 0) is 50.1 Å². The van der Waals surface area contributed by atoms with Crippen molar-refractivity contribution in [3.63, 3.8) is 0 Å². The lowest BCUT2D eigenvalue weighted by molar-refractivity contribution is -0.384. The number of ether oxygens (including phenoxy) is 2. The van der Waals surface area contributed by atoms with Crippen LogP contribution in [0.15, 0.2) is 42.5 Å². The van der Waals surface area contributed by atoms with Crippen molar-refractivity contribution in [3.8, 4) is 5.75 Å². The van der Waals surface area contributed by atoms with Crippen LogP contribution in [-0.4, -0.2) is 88.7 Å². The van der Waals surface area contributed by atoms with Crippen molar-refractivity contribution in [2.75, 3.05) is 39.3 Å². The fraction of sp³-hybridized carbons (Fsp3) is 0.370. The molecule has 40 heavy (non-hydrogen) atoms. The van der Waals surface area contributed by atoms with Gasteiger partial charge in [0.1, 0.15) is 5.75 Å². The summed E-state index contributed by atoms with van der Waals surface area (Å²) in [6, 6.07) is 9.68. The molecule has 2 heterocycles. The molecule has 0 unspecified atom stereocenters. The summed E-state index contributed by atoms with van der Waals surface area (Å²) in [5, 5.41) is 11.0. The Kier molecular flexibility index (Phi) is 8.72. The van der Waals surface area contributed by atoms with Crippen LogP contribution >= 0.6 is 0 Å². The van der Waals surface area contributed by atoms with Crippen LogP contribution in [0.25, 0.3) is 0 Å². The normalized spacial score (nSPS) is 15.0. The topological polar surface area (TPSA) is 157 Å². The van der Waals surface area contributed by atoms with Crippen molar-refractivity contribution in [2.24, 2.45) is 0 Å². The first-order valence-electron chi connectivity index (χ1n) is 12.9. The number of imide groups is 1. The van der Waals surface area contributed by atoms with Crippen molar-refractivity contribution in [1.29, 1.82) is 0 Å². The quantitative estimate of drug-likeness (QED) is 0.158. The zero-order valence-electron chi connectivity index (χ0n) is 21.9. The third-order valence-electron chi connectivity index (χ3n) is 6.64. The Labute approximate surface area is 229 Å². The number of carbonyl (C=O) groups excluding carboxylic acids is 5. The summed E-state index contributed by atoms with van der Waals surface area (Å²) < 4.78 is 9.73. The van der Waals surface area contributed by atoms with E-state index in [1.807, 2.05) is 0 Å². The predicted molar refractivity (Wildman–Crippen MR) is 139 cm³/mol. The van der Waals surface area contributed by atoms with E-state index in [0.29, 0.717) is 38.2 Å². The van der Waals surface area contributed by atoms with Crippen molar-refractivity contribution < 1.29 is 38.4 Å². The second kappa shape index (κ2) is 12.4. The molecule has 1 saturated heterocycles. The van der Waals surface area contributed by atoms with E-state index in [2.05, 4.69) is 0 Å². The Bertz CT molecular complexity index is 1340. The van der Waals surface area contributed by atoms with Crippen LogP contribution in [0.3, 0.4) is 0 Å². The molecule has 210 valence electrons. The minimum absolute atomic E-state index is 0.0102. The summed E-state index contributed by atoms with van der Waals surface area (Å²) in [6.45, 7) is 3.46. The van der Waals surface area contributed by atoms with E-state index in [0.717, 1.165) is 11.0 Å². The summed E-state index contributed by atoms with van der Waals surface area (Å²) in [6.07, 6.45) is 0.0994. The molecule has 13 nitrogen and oxygen atoms in total. The molecular weight excluding hydrogens is 524 g/mol. The second-order valence-electron chi connectivity index (χ2n) is 9.19. The molecule has 13 heteroatoms. The molecule has 0 N–H and O–H groups in total. The average molecular weight is 553 g/mol. The van der Waals surface area contributed by atoms with E-state index in [9.17, 15) is 34.1 Å². The third-order valence-corrected chi connectivity index (χ3v) is 6.64. The maximum atomic E-state index is 13.0. The molecule has 0 aliphatic carbocycles. The summed E-state index contributed by atoms with van der Waals surface area (Å²) in [5.41, 5.74) is 0.247. The number of rotatable bonds is 8. The minimum atomic E-state index is -0.825. The molecular formula is C27H28N4O9. The molecule has 0 spiro atoms. The molecule has 0 atom stereocenters. The molecule has 2 aromatic carbocycles. The van der Waals surface area contributed by atoms with Gasteiger partial charge in [-0.25, -0.2) is 4.79 Å². The zero-order chi connectivity index (χ0) is 28.8. The highest BCUT2D eigenvalue weighted by molar-refractivity contribution is 6.21. The largest absolute Gasteiger partial charge is 0.513 e. The average Bonchev–Trinajstić information content (AvgIpc) is 3.09. The molecule has 2 aliphatic heterocycles. The van der Waals surface area contributed by atoms with Gasteiger partial charge in [0.25, 0.3) is 23.4 Å². The Hall–Kier alpha value is -4.81. The second-order valence-corrected chi connectivity index (χ2v) is 9.19. The predicted octanol–water partition coefficient (Wildman–Crippen LogP) is 2.88. The van der Waals surface area contributed by atoms with Crippen LogP contribution in [0.1, 0.15) is 57.3 Å². The number of hydrogen-bond acceptors (Lipinski definition) is 9. The molecule has 4 rings (SSSR count). The van der Waals surface area contributed by atoms with Gasteiger partial charge in [-0.3, -0.25) is 34.2 Å². The maximum absolute atomic E-state index is 13.0. The lowest BCUT2D eigenvalue weighted by Gasteiger charge is -2.23. The first-order valence-corrected chi connectivity index (χ1v) is 12.9. The molecule has 0 aromatic heterocycles. The Morgan fingerprint density at radius 2 is 1.60 bits per heavy atom. The lowest BCUT2D eigenvalue weighted by atomic mass is 10.1. The molecule has 1 fully saturated rings. The van der Waals surface area contributed by atoms with E-state index in [1.165, 1.54) is 24.3 Å². The lowest BCUT2D eigenvalue weighted by Crippen LogP contribution is -2.37. The van der Waals surface area contributed by atoms with E-state index in [1.54, 1.807) is 28.9 Å². The van der Waals surface area contributed by atoms with Crippen LogP contribution in [0, 0.1) is 10.1 Å². The van der Waals surface area contributed by atoms with E-state index in [4.69, 9.17) is 9.47 Å². The number of nitrogens with zero attached hydrogens (tertiary/aromatic N) is 4. The van der Waals surface area contributed by atoms with Crippen molar-refractivity contribution in [3.05, 3.63) is 69.3 Å². The standard InChI is InChI=1S/C27H28N4O9/c1-2-39-27(36)40-20-9-6-18(7-10-20)24(33)29-13-4-12-28(15-16-29)23(32)5-3-14-30-25(34)21-11-8-19(31(37)38)17-22(21)26(30)35/h6-11,17H,2-5,12-16H2,1H3. The number of nitro benzene ring substituents is 1. The fourth-order valence-corrected chi connectivity index (χ4v) is 4.60. The number of hydrogen-bond donors (Lipinski definition) is 0. The molecule has 0 saturated carbocycles. The number of fused-ring (bicyclic) bond motifs is 1. The van der Waals surface area contributed by atoms with Crippen LogP contribution in [0.5, 0.6) is 5.75 Å². The van der Waals surface area contributed by atoms with Crippen LogP contribution in [0.4, 0.5) is 10.5 Å². The minimum Gasteiger partial charge on any atom is -0.434 e. The SMILES string of the molecule is CCOC(=O)Oc1ccc(C(=O)N2CCCN(C(=O)CCCN3C(=O)c4ccc([N+](=O)[O-])cc4C3=O)CC2)cc1. The van der Waals surface area contributed by atoms with Gasteiger partial charge < -0.3 is 19.3 Å². The van der Waals surface area contributed by atoms with Crippen LogP contribution < -0.4 is 4.74 Å². The van der Waals surface area contributed by atoms with Gasteiger partial charge in [0.05, 0.1) is 22.7 Å². The fourth-order valence-electron chi connectivity index (χ4n) is 4.60. The summed E-state index contributed by atoms with van der Waals surface area (Å²) in [7, 11) is 0. The van der Waals surface area contributed by atoms with E-state index >= 15 is 0 Å². The zero-order valence-corrected chi connectivity index (χ0v) is 21.9. The monoisotopic (exact) mass is 552 g/mol. The molecule has 0 bridgehead atoms. The van der Waals surface area contributed by atoms with Gasteiger partial charge in [-0.2, -0.15) is 0 Å². The maximum Gasteiger partial charge on any atom is 0.513 e. The summed E-state index contributed by atoms with van der Waals surface area (Å²) in [4.78, 5) is 77.2. The van der Waals surface area contributed by atoms with Crippen LogP contribution in [0.2, 0.25) is 0 Å². The number of non-ortho nitro benzene ring substituents is 1. The highest BCUT2D eigenvalue weighted by Crippen LogP contribution is 2.27. The molecule has 0 radical (unpaired) electrons. The van der Waals surface area contributed by atoms with Gasteiger partial charge in [0, 0.05) is 56.8 Å². The van der Waals surface area contributed by atoms with Crippen molar-refractivity contribution >= 4 is 35.5 Å². The first-order chi connectivity index (χ1) is 19.2. The van der Waals surface area contributed by atoms with Crippen molar-refractivity contribution in [2.45, 2.75) is 26.2 Å². The van der Waals surface area contributed by atoms with Crippen LogP contribution in [-0.2, 0) is 9.53 Å². The number of benzene rings is 2. The number of carbonyl (C=O) groups is 5. The third kappa shape index (κ3) is 6.25. The summed E-state index contributed by atoms with van der Waals surface area (Å²) >= 11 is 0. The summed E-state index contributed by atoms with van der Waals surface area (Å²) in [5.74, 6) is -1.25. The molecule has 2 aliphatic rings. The van der Waals surface area contributed by atoms with E-state index < -0.39 is 22.9 Å². The highest BCUT2D eigenvalue weighted by Gasteiger charge is 2.36. The van der Waals surface area contributed by atoms with Gasteiger partial charge in [0.2, 0.25) is 5.91 Å². The van der Waals surface area contributed by atoms with Gasteiger partial charge in [-0.15, -0.1) is 0 Å².